The van der Waals surface area contributed by atoms with Crippen LogP contribution in [-0.2, 0) is 25.5 Å². The van der Waals surface area contributed by atoms with Crippen LogP contribution >= 0.6 is 0 Å². The summed E-state index contributed by atoms with van der Waals surface area (Å²) in [4.78, 5) is 25.9. The number of benzene rings is 2. The predicted octanol–water partition coefficient (Wildman–Crippen LogP) is 7.08. The van der Waals surface area contributed by atoms with Crippen molar-refractivity contribution >= 4 is 17.4 Å². The van der Waals surface area contributed by atoms with E-state index >= 15 is 0 Å². The summed E-state index contributed by atoms with van der Waals surface area (Å²) in [5, 5.41) is 4.34. The van der Waals surface area contributed by atoms with E-state index in [1.807, 2.05) is 87.5 Å². The molecule has 0 spiro atoms. The Morgan fingerprint density at radius 3 is 2.65 bits per heavy atom. The average molecular weight is 650 g/mol. The summed E-state index contributed by atoms with van der Waals surface area (Å²) >= 11 is 0. The first-order valence-corrected chi connectivity index (χ1v) is 16.9. The quantitative estimate of drug-likeness (QED) is 0.0722. The van der Waals surface area contributed by atoms with Gasteiger partial charge in [-0.25, -0.2) is 0 Å². The summed E-state index contributed by atoms with van der Waals surface area (Å²) in [7, 11) is 0. The number of rotatable bonds is 11. The number of aryl methyl sites for hydroxylation is 4. The molecule has 2 aliphatic heterocycles. The number of nitrogens with zero attached hydrogens (tertiary/aromatic N) is 3. The number of carbonyl (C=O) groups excluding carboxylic acids is 1. The van der Waals surface area contributed by atoms with E-state index in [4.69, 9.17) is 24.0 Å². The summed E-state index contributed by atoms with van der Waals surface area (Å²) in [6, 6.07) is 19.8. The van der Waals surface area contributed by atoms with Crippen molar-refractivity contribution < 1.29 is 23.8 Å². The lowest BCUT2D eigenvalue weighted by molar-refractivity contribution is -0.151. The van der Waals surface area contributed by atoms with Gasteiger partial charge in [-0.15, -0.1) is 0 Å². The summed E-state index contributed by atoms with van der Waals surface area (Å²) in [6.45, 7) is 11.8. The van der Waals surface area contributed by atoms with Gasteiger partial charge in [-0.3, -0.25) is 9.78 Å². The second-order valence-corrected chi connectivity index (χ2v) is 12.7. The summed E-state index contributed by atoms with van der Waals surface area (Å²) in [5.41, 5.74) is 7.44. The fraction of sp³-hybridized carbons (Fsp3) is 0.425. The lowest BCUT2D eigenvalue weighted by Gasteiger charge is -2.30. The van der Waals surface area contributed by atoms with E-state index in [0.29, 0.717) is 18.7 Å². The largest absolute Gasteiger partial charge is 0.483 e. The number of pyridine rings is 1. The van der Waals surface area contributed by atoms with Gasteiger partial charge < -0.3 is 23.9 Å². The van der Waals surface area contributed by atoms with Crippen molar-refractivity contribution in [2.24, 2.45) is 5.16 Å². The summed E-state index contributed by atoms with van der Waals surface area (Å²) < 4.78 is 18.1. The van der Waals surface area contributed by atoms with Crippen LogP contribution in [0.1, 0.15) is 67.6 Å². The van der Waals surface area contributed by atoms with Crippen molar-refractivity contribution in [1.82, 2.24) is 4.98 Å². The Hall–Kier alpha value is -4.61. The van der Waals surface area contributed by atoms with Crippen molar-refractivity contribution in [3.05, 3.63) is 101 Å². The van der Waals surface area contributed by atoms with E-state index in [1.165, 1.54) is 16.9 Å². The van der Waals surface area contributed by atoms with Gasteiger partial charge >= 0.3 is 5.97 Å². The van der Waals surface area contributed by atoms with E-state index < -0.39 is 18.3 Å². The molecule has 8 nitrogen and oxygen atoms in total. The van der Waals surface area contributed by atoms with Crippen LogP contribution in [0.15, 0.2) is 78.0 Å². The molecule has 252 valence electrons. The van der Waals surface area contributed by atoms with Crippen molar-refractivity contribution in [3.8, 4) is 17.6 Å². The van der Waals surface area contributed by atoms with Crippen LogP contribution in [0.3, 0.4) is 0 Å². The zero-order chi connectivity index (χ0) is 33.9. The third-order valence-electron chi connectivity index (χ3n) is 8.51. The highest BCUT2D eigenvalue weighted by Crippen LogP contribution is 2.28. The molecule has 0 saturated heterocycles. The molecule has 8 heteroatoms. The van der Waals surface area contributed by atoms with E-state index in [0.717, 1.165) is 48.3 Å². The van der Waals surface area contributed by atoms with E-state index in [1.54, 1.807) is 0 Å². The fourth-order valence-electron chi connectivity index (χ4n) is 5.63. The smallest absolute Gasteiger partial charge is 0.306 e. The number of hydrogen-bond acceptors (Lipinski definition) is 8. The van der Waals surface area contributed by atoms with Crippen LogP contribution in [0.4, 0.5) is 5.69 Å². The first-order chi connectivity index (χ1) is 23.2. The molecule has 0 radical (unpaired) electrons. The van der Waals surface area contributed by atoms with Crippen LogP contribution in [-0.4, -0.2) is 60.8 Å². The molecule has 3 heterocycles. The molecule has 1 aromatic heterocycles. The Labute approximate surface area is 285 Å². The standard InChI is InChI=1S/C40H47N3O5/c1-28-14-18-34(19-15-28)46-38-22-21-35(20-17-33-11-7-6-8-12-33)47-39(38)27-45-40(44)23-16-30(3)42-48-31(4)26-43-24-10-9-13-36-37(43)25-29(2)32(5)41-36/h6-8,11-12,14-15,18-19,21-22,25,31,35,38-39H,9-10,13,16,23-24,26-27H2,1-5H3/t31-,35+,38+,39+/m0/s1. The van der Waals surface area contributed by atoms with Gasteiger partial charge in [0.25, 0.3) is 0 Å². The summed E-state index contributed by atoms with van der Waals surface area (Å²) in [5.74, 6) is 6.69. The highest BCUT2D eigenvalue weighted by molar-refractivity contribution is 5.85. The Morgan fingerprint density at radius 1 is 1.06 bits per heavy atom. The average Bonchev–Trinajstić information content (AvgIpc) is 3.28. The van der Waals surface area contributed by atoms with Crippen LogP contribution in [0.25, 0.3) is 0 Å². The number of fused-ring (bicyclic) bond motifs is 1. The minimum Gasteiger partial charge on any atom is -0.483 e. The van der Waals surface area contributed by atoms with Gasteiger partial charge in [-0.1, -0.05) is 52.9 Å². The number of anilines is 1. The van der Waals surface area contributed by atoms with Gasteiger partial charge in [0, 0.05) is 17.8 Å². The highest BCUT2D eigenvalue weighted by atomic mass is 16.6. The molecule has 48 heavy (non-hydrogen) atoms. The molecule has 0 N–H and O–H groups in total. The van der Waals surface area contributed by atoms with Crippen LogP contribution < -0.4 is 9.64 Å². The number of ether oxygens (including phenoxy) is 3. The van der Waals surface area contributed by atoms with Crippen molar-refractivity contribution in [2.45, 2.75) is 91.1 Å². The molecule has 2 aliphatic rings. The molecule has 2 aromatic carbocycles. The van der Waals surface area contributed by atoms with Gasteiger partial charge in [-0.05, 0) is 108 Å². The van der Waals surface area contributed by atoms with Gasteiger partial charge in [0.2, 0.25) is 0 Å². The Kier molecular flexibility index (Phi) is 12.3. The maximum atomic E-state index is 12.8. The van der Waals surface area contributed by atoms with Crippen LogP contribution in [0.5, 0.6) is 5.75 Å². The molecule has 0 fully saturated rings. The molecular weight excluding hydrogens is 602 g/mol. The fourth-order valence-corrected chi connectivity index (χ4v) is 5.63. The molecule has 0 amide bonds. The number of oxime groups is 1. The zero-order valence-electron chi connectivity index (χ0n) is 28.8. The maximum Gasteiger partial charge on any atom is 0.306 e. The highest BCUT2D eigenvalue weighted by Gasteiger charge is 2.30. The maximum absolute atomic E-state index is 12.8. The Morgan fingerprint density at radius 2 is 1.85 bits per heavy atom. The van der Waals surface area contributed by atoms with E-state index in [2.05, 4.69) is 41.8 Å². The van der Waals surface area contributed by atoms with Crippen molar-refractivity contribution in [3.63, 3.8) is 0 Å². The van der Waals surface area contributed by atoms with Crippen LogP contribution in [0.2, 0.25) is 0 Å². The number of hydrogen-bond donors (Lipinski definition) is 0. The monoisotopic (exact) mass is 649 g/mol. The van der Waals surface area contributed by atoms with E-state index in [9.17, 15) is 4.79 Å². The number of carbonyl (C=O) groups is 1. The zero-order valence-corrected chi connectivity index (χ0v) is 28.8. The molecule has 5 rings (SSSR count). The predicted molar refractivity (Wildman–Crippen MR) is 189 cm³/mol. The van der Waals surface area contributed by atoms with Crippen LogP contribution in [0, 0.1) is 32.6 Å². The van der Waals surface area contributed by atoms with Gasteiger partial charge in [0.1, 0.15) is 36.8 Å². The summed E-state index contributed by atoms with van der Waals surface area (Å²) in [6.07, 6.45) is 6.15. The third-order valence-corrected chi connectivity index (χ3v) is 8.51. The topological polar surface area (TPSA) is 82.5 Å². The minimum absolute atomic E-state index is 0.0398. The molecule has 0 bridgehead atoms. The molecule has 4 atom stereocenters. The SMILES string of the molecule is CC(CCC(=O)OC[C@H]1O[C@H](C#Cc2ccccc2)C=C[C@H]1Oc1ccc(C)cc1)=NO[C@@H](C)CN1CCCCc2nc(C)c(C)cc21. The van der Waals surface area contributed by atoms with Gasteiger partial charge in [-0.2, -0.15) is 0 Å². The minimum atomic E-state index is -0.527. The number of esters is 1. The van der Waals surface area contributed by atoms with E-state index in [-0.39, 0.29) is 25.1 Å². The first-order valence-electron chi connectivity index (χ1n) is 16.9. The molecule has 0 saturated carbocycles. The van der Waals surface area contributed by atoms with Gasteiger partial charge in [0.05, 0.1) is 30.1 Å². The molecule has 0 aliphatic carbocycles. The lowest BCUT2D eigenvalue weighted by atomic mass is 10.1. The lowest BCUT2D eigenvalue weighted by Crippen LogP contribution is -2.42. The number of aromatic nitrogens is 1. The van der Waals surface area contributed by atoms with Gasteiger partial charge in [0.15, 0.2) is 0 Å². The van der Waals surface area contributed by atoms with Crippen molar-refractivity contribution in [2.75, 3.05) is 24.6 Å². The Balaban J connectivity index is 1.12. The third kappa shape index (κ3) is 10.2. The Bertz CT molecular complexity index is 1640. The van der Waals surface area contributed by atoms with Crippen molar-refractivity contribution in [1.29, 1.82) is 0 Å². The molecule has 0 unspecified atom stereocenters. The molecular formula is C40H47N3O5. The molecule has 3 aromatic rings. The second-order valence-electron chi connectivity index (χ2n) is 12.7. The second kappa shape index (κ2) is 17.0. The normalized spacial score (nSPS) is 19.7. The first kappa shape index (κ1) is 34.7.